The highest BCUT2D eigenvalue weighted by atomic mass is 16.6. The summed E-state index contributed by atoms with van der Waals surface area (Å²) in [5.41, 5.74) is 3.47. The minimum Gasteiger partial charge on any atom is -0.497 e. The quantitative estimate of drug-likeness (QED) is 0.784. The van der Waals surface area contributed by atoms with Gasteiger partial charge in [0.15, 0.2) is 6.10 Å². The van der Waals surface area contributed by atoms with Crippen molar-refractivity contribution in [2.24, 2.45) is 5.16 Å². The minimum atomic E-state index is -0.326. The van der Waals surface area contributed by atoms with Crippen LogP contribution in [-0.2, 0) is 4.84 Å². The molecule has 140 valence electrons. The van der Waals surface area contributed by atoms with Gasteiger partial charge in [-0.3, -0.25) is 0 Å². The van der Waals surface area contributed by atoms with Crippen LogP contribution in [0.4, 0.5) is 0 Å². The Morgan fingerprint density at radius 2 is 1.81 bits per heavy atom. The van der Waals surface area contributed by atoms with Crippen LogP contribution in [-0.4, -0.2) is 25.5 Å². The van der Waals surface area contributed by atoms with Crippen LogP contribution in [0.1, 0.15) is 43.1 Å². The molecule has 1 unspecified atom stereocenters. The predicted molar refractivity (Wildman–Crippen MR) is 105 cm³/mol. The SMILES string of the molecule is COc1ccc(C2CC(c3ccc4c(c3OC)C=CC(C)(C)O4)=NO2)cc1. The van der Waals surface area contributed by atoms with Gasteiger partial charge in [-0.25, -0.2) is 0 Å². The molecule has 0 aromatic heterocycles. The Hall–Kier alpha value is -2.95. The number of hydrogen-bond donors (Lipinski definition) is 0. The summed E-state index contributed by atoms with van der Waals surface area (Å²) in [5.74, 6) is 2.40. The van der Waals surface area contributed by atoms with Crippen LogP contribution >= 0.6 is 0 Å². The standard InChI is InChI=1S/C22H23NO4/c1-22(2)12-11-17-19(26-22)10-9-16(21(17)25-4)18-13-20(27-23-18)14-5-7-15(24-3)8-6-14/h5-12,20H,13H2,1-4H3. The first kappa shape index (κ1) is 17.5. The van der Waals surface area contributed by atoms with Crippen LogP contribution in [0, 0.1) is 0 Å². The van der Waals surface area contributed by atoms with E-state index in [4.69, 9.17) is 19.0 Å². The highest BCUT2D eigenvalue weighted by Gasteiger charge is 2.29. The zero-order valence-corrected chi connectivity index (χ0v) is 16.0. The summed E-state index contributed by atoms with van der Waals surface area (Å²) < 4.78 is 17.0. The normalized spacial score (nSPS) is 19.6. The maximum Gasteiger partial charge on any atom is 0.158 e. The second kappa shape index (κ2) is 6.65. The molecule has 2 aliphatic rings. The molecule has 4 rings (SSSR count). The van der Waals surface area contributed by atoms with Crippen molar-refractivity contribution in [3.8, 4) is 17.2 Å². The van der Waals surface area contributed by atoms with Crippen molar-refractivity contribution in [2.75, 3.05) is 14.2 Å². The first-order valence-electron chi connectivity index (χ1n) is 8.97. The summed E-state index contributed by atoms with van der Waals surface area (Å²) in [4.78, 5) is 5.70. The highest BCUT2D eigenvalue weighted by molar-refractivity contribution is 6.04. The van der Waals surface area contributed by atoms with Gasteiger partial charge < -0.3 is 19.0 Å². The van der Waals surface area contributed by atoms with Crippen molar-refractivity contribution < 1.29 is 19.0 Å². The number of methoxy groups -OCH3 is 2. The zero-order valence-electron chi connectivity index (χ0n) is 16.0. The van der Waals surface area contributed by atoms with Gasteiger partial charge in [-0.15, -0.1) is 0 Å². The van der Waals surface area contributed by atoms with Crippen LogP contribution in [0.3, 0.4) is 0 Å². The zero-order chi connectivity index (χ0) is 19.0. The first-order valence-corrected chi connectivity index (χ1v) is 8.97. The molecule has 0 bridgehead atoms. The van der Waals surface area contributed by atoms with E-state index < -0.39 is 0 Å². The minimum absolute atomic E-state index is 0.114. The molecule has 0 saturated heterocycles. The third-order valence-corrected chi connectivity index (χ3v) is 4.85. The van der Waals surface area contributed by atoms with Crippen molar-refractivity contribution in [2.45, 2.75) is 32.0 Å². The van der Waals surface area contributed by atoms with Crippen molar-refractivity contribution in [3.63, 3.8) is 0 Å². The molecule has 1 atom stereocenters. The number of ether oxygens (including phenoxy) is 3. The van der Waals surface area contributed by atoms with Gasteiger partial charge in [0.1, 0.15) is 22.8 Å². The second-order valence-electron chi connectivity index (χ2n) is 7.21. The summed E-state index contributed by atoms with van der Waals surface area (Å²) in [6, 6.07) is 11.8. The van der Waals surface area contributed by atoms with Gasteiger partial charge in [0.2, 0.25) is 0 Å². The third kappa shape index (κ3) is 3.25. The molecule has 2 aromatic carbocycles. The van der Waals surface area contributed by atoms with Crippen molar-refractivity contribution in [3.05, 3.63) is 59.2 Å². The summed E-state index contributed by atoms with van der Waals surface area (Å²) in [7, 11) is 3.33. The summed E-state index contributed by atoms with van der Waals surface area (Å²) >= 11 is 0. The van der Waals surface area contributed by atoms with Crippen LogP contribution in [0.25, 0.3) is 6.08 Å². The molecular weight excluding hydrogens is 342 g/mol. The predicted octanol–water partition coefficient (Wildman–Crippen LogP) is 4.75. The lowest BCUT2D eigenvalue weighted by Gasteiger charge is -2.29. The third-order valence-electron chi connectivity index (χ3n) is 4.85. The molecule has 0 saturated carbocycles. The largest absolute Gasteiger partial charge is 0.497 e. The molecule has 0 aliphatic carbocycles. The lowest BCUT2D eigenvalue weighted by atomic mass is 9.95. The van der Waals surface area contributed by atoms with E-state index in [1.807, 2.05) is 56.3 Å². The van der Waals surface area contributed by atoms with Crippen LogP contribution < -0.4 is 14.2 Å². The molecule has 2 aliphatic heterocycles. The number of rotatable bonds is 4. The molecule has 5 nitrogen and oxygen atoms in total. The van der Waals surface area contributed by atoms with Gasteiger partial charge in [-0.2, -0.15) is 0 Å². The van der Waals surface area contributed by atoms with Gasteiger partial charge in [-0.1, -0.05) is 17.3 Å². The van der Waals surface area contributed by atoms with E-state index in [9.17, 15) is 0 Å². The van der Waals surface area contributed by atoms with Gasteiger partial charge in [-0.05, 0) is 55.8 Å². The molecule has 0 fully saturated rings. The summed E-state index contributed by atoms with van der Waals surface area (Å²) in [5, 5.41) is 4.33. The number of benzene rings is 2. The van der Waals surface area contributed by atoms with E-state index in [2.05, 4.69) is 11.2 Å². The summed E-state index contributed by atoms with van der Waals surface area (Å²) in [6.07, 6.45) is 4.66. The van der Waals surface area contributed by atoms with Crippen molar-refractivity contribution >= 4 is 11.8 Å². The van der Waals surface area contributed by atoms with E-state index in [0.717, 1.165) is 39.7 Å². The van der Waals surface area contributed by atoms with E-state index in [1.165, 1.54) is 0 Å². The van der Waals surface area contributed by atoms with Crippen LogP contribution in [0.5, 0.6) is 17.2 Å². The Morgan fingerprint density at radius 3 is 2.52 bits per heavy atom. The lowest BCUT2D eigenvalue weighted by molar-refractivity contribution is 0.0857. The Bertz CT molecular complexity index is 913. The van der Waals surface area contributed by atoms with Gasteiger partial charge in [0.25, 0.3) is 0 Å². The molecule has 27 heavy (non-hydrogen) atoms. The first-order chi connectivity index (χ1) is 13.0. The van der Waals surface area contributed by atoms with E-state index >= 15 is 0 Å². The van der Waals surface area contributed by atoms with Gasteiger partial charge >= 0.3 is 0 Å². The topological polar surface area (TPSA) is 49.3 Å². The Kier molecular flexibility index (Phi) is 4.30. The van der Waals surface area contributed by atoms with E-state index in [-0.39, 0.29) is 11.7 Å². The summed E-state index contributed by atoms with van der Waals surface area (Å²) in [6.45, 7) is 4.06. The fourth-order valence-corrected chi connectivity index (χ4v) is 3.41. The van der Waals surface area contributed by atoms with E-state index in [1.54, 1.807) is 14.2 Å². The van der Waals surface area contributed by atoms with Gasteiger partial charge in [0.05, 0.1) is 25.5 Å². The average Bonchev–Trinajstić information content (AvgIpc) is 3.16. The maximum absolute atomic E-state index is 6.04. The van der Waals surface area contributed by atoms with Crippen molar-refractivity contribution in [1.82, 2.24) is 0 Å². The number of nitrogens with zero attached hydrogens (tertiary/aromatic N) is 1. The molecule has 0 spiro atoms. The molecule has 2 aromatic rings. The Balaban J connectivity index is 1.61. The molecule has 0 N–H and O–H groups in total. The Morgan fingerprint density at radius 1 is 1.04 bits per heavy atom. The monoisotopic (exact) mass is 365 g/mol. The molecule has 0 radical (unpaired) electrons. The average molecular weight is 365 g/mol. The van der Waals surface area contributed by atoms with Crippen LogP contribution in [0.15, 0.2) is 47.6 Å². The molecular formula is C22H23NO4. The van der Waals surface area contributed by atoms with Gasteiger partial charge in [0, 0.05) is 12.0 Å². The fraction of sp³-hybridized carbons (Fsp3) is 0.318. The molecule has 2 heterocycles. The number of oxime groups is 1. The Labute approximate surface area is 159 Å². The fourth-order valence-electron chi connectivity index (χ4n) is 3.41. The highest BCUT2D eigenvalue weighted by Crippen LogP contribution is 2.41. The number of hydrogen-bond acceptors (Lipinski definition) is 5. The molecule has 5 heteroatoms. The maximum atomic E-state index is 6.04. The van der Waals surface area contributed by atoms with E-state index in [0.29, 0.717) is 6.42 Å². The lowest BCUT2D eigenvalue weighted by Crippen LogP contribution is -2.27. The number of fused-ring (bicyclic) bond motifs is 1. The molecule has 0 amide bonds. The second-order valence-corrected chi connectivity index (χ2v) is 7.21. The van der Waals surface area contributed by atoms with Crippen molar-refractivity contribution in [1.29, 1.82) is 0 Å². The smallest absolute Gasteiger partial charge is 0.158 e. The van der Waals surface area contributed by atoms with Crippen LogP contribution in [0.2, 0.25) is 0 Å².